The number of furan rings is 1. The van der Waals surface area contributed by atoms with Crippen LogP contribution in [0.2, 0.25) is 0 Å². The molecular weight excluding hydrogens is 318 g/mol. The lowest BCUT2D eigenvalue weighted by molar-refractivity contribution is 0.0714. The fraction of sp³-hybridized carbons (Fsp3) is 0.500. The van der Waals surface area contributed by atoms with Crippen LogP contribution in [0.3, 0.4) is 0 Å². The Kier molecular flexibility index (Phi) is 4.65. The average molecular weight is 343 g/mol. The quantitative estimate of drug-likeness (QED) is 0.923. The number of piperazine rings is 1. The van der Waals surface area contributed by atoms with Crippen molar-refractivity contribution in [3.8, 4) is 0 Å². The highest BCUT2D eigenvalue weighted by Gasteiger charge is 2.25. The van der Waals surface area contributed by atoms with Gasteiger partial charge in [-0.25, -0.2) is 9.97 Å². The zero-order valence-corrected chi connectivity index (χ0v) is 15.2. The smallest absolute Gasteiger partial charge is 0.289 e. The van der Waals surface area contributed by atoms with Gasteiger partial charge in [0.25, 0.3) is 5.91 Å². The molecule has 1 aliphatic heterocycles. The number of aryl methyl sites for hydroxylation is 1. The third kappa shape index (κ3) is 4.29. The van der Waals surface area contributed by atoms with Crippen molar-refractivity contribution in [2.24, 2.45) is 0 Å². The van der Waals surface area contributed by atoms with Gasteiger partial charge in [0.2, 0.25) is 0 Å². The van der Waals surface area contributed by atoms with E-state index < -0.39 is 0 Å². The lowest BCUT2D eigenvalue weighted by atomic mass is 10.1. The fourth-order valence-electron chi connectivity index (χ4n) is 2.86. The van der Waals surface area contributed by atoms with E-state index in [0.717, 1.165) is 30.5 Å². The zero-order valence-electron chi connectivity index (χ0n) is 15.2. The summed E-state index contributed by atoms with van der Waals surface area (Å²) in [6.07, 6.45) is 1.52. The molecule has 0 bridgehead atoms. The molecule has 0 aliphatic carbocycles. The minimum Gasteiger partial charge on any atom is -0.459 e. The maximum absolute atomic E-state index is 12.3. The summed E-state index contributed by atoms with van der Waals surface area (Å²) < 4.78 is 5.20. The fourth-order valence-corrected chi connectivity index (χ4v) is 2.86. The van der Waals surface area contributed by atoms with Crippen molar-refractivity contribution in [1.82, 2.24) is 14.9 Å². The summed E-state index contributed by atoms with van der Waals surface area (Å²) in [5.41, 5.74) is -0.0633. The first kappa shape index (κ1) is 17.3. The molecule has 1 fully saturated rings. The lowest BCUT2D eigenvalue weighted by Crippen LogP contribution is -2.49. The van der Waals surface area contributed by atoms with E-state index in [4.69, 9.17) is 4.42 Å². The first-order valence-electron chi connectivity index (χ1n) is 8.53. The molecule has 1 aliphatic rings. The number of aromatic nitrogens is 2. The molecule has 0 saturated carbocycles. The third-order valence-electron chi connectivity index (χ3n) is 3.95. The first-order chi connectivity index (χ1) is 11.8. The van der Waals surface area contributed by atoms with Gasteiger partial charge in [0, 0.05) is 37.8 Å². The summed E-state index contributed by atoms with van der Waals surface area (Å²) in [6.45, 7) is 11.0. The Morgan fingerprint density at radius 2 is 1.92 bits per heavy atom. The van der Waals surface area contributed by atoms with Gasteiger partial charge < -0.3 is 19.5 Å². The minimum atomic E-state index is -0.0633. The molecule has 7 nitrogen and oxygen atoms in total. The summed E-state index contributed by atoms with van der Waals surface area (Å²) >= 11 is 0. The highest BCUT2D eigenvalue weighted by Crippen LogP contribution is 2.20. The number of carbonyl (C=O) groups is 1. The van der Waals surface area contributed by atoms with E-state index in [1.165, 1.54) is 6.26 Å². The summed E-state index contributed by atoms with van der Waals surface area (Å²) in [5, 5.41) is 3.39. The highest BCUT2D eigenvalue weighted by molar-refractivity contribution is 5.91. The van der Waals surface area contributed by atoms with Gasteiger partial charge in [-0.3, -0.25) is 4.79 Å². The molecule has 3 rings (SSSR count). The monoisotopic (exact) mass is 343 g/mol. The Bertz CT molecular complexity index is 728. The van der Waals surface area contributed by atoms with Crippen LogP contribution in [0.15, 0.2) is 28.9 Å². The summed E-state index contributed by atoms with van der Waals surface area (Å²) in [4.78, 5) is 25.4. The van der Waals surface area contributed by atoms with Gasteiger partial charge in [-0.2, -0.15) is 0 Å². The van der Waals surface area contributed by atoms with Crippen molar-refractivity contribution < 1.29 is 9.21 Å². The van der Waals surface area contributed by atoms with E-state index in [2.05, 4.69) is 41.0 Å². The molecule has 1 N–H and O–H groups in total. The maximum atomic E-state index is 12.3. The largest absolute Gasteiger partial charge is 0.459 e. The summed E-state index contributed by atoms with van der Waals surface area (Å²) in [6, 6.07) is 5.41. The Hall–Kier alpha value is -2.57. The van der Waals surface area contributed by atoms with E-state index in [1.54, 1.807) is 12.1 Å². The Labute approximate surface area is 148 Å². The molecule has 1 saturated heterocycles. The van der Waals surface area contributed by atoms with Gasteiger partial charge in [0.15, 0.2) is 5.76 Å². The van der Waals surface area contributed by atoms with Gasteiger partial charge >= 0.3 is 0 Å². The second kappa shape index (κ2) is 6.74. The molecule has 0 radical (unpaired) electrons. The highest BCUT2D eigenvalue weighted by atomic mass is 16.3. The molecule has 7 heteroatoms. The predicted molar refractivity (Wildman–Crippen MR) is 97.0 cm³/mol. The molecule has 25 heavy (non-hydrogen) atoms. The number of carbonyl (C=O) groups excluding carboxylic acids is 1. The van der Waals surface area contributed by atoms with Crippen molar-refractivity contribution >= 4 is 17.5 Å². The van der Waals surface area contributed by atoms with Crippen LogP contribution in [0.4, 0.5) is 11.6 Å². The number of hydrogen-bond donors (Lipinski definition) is 1. The second-order valence-electron chi connectivity index (χ2n) is 7.29. The number of rotatable bonds is 3. The molecule has 2 aromatic rings. The minimum absolute atomic E-state index is 0.0568. The van der Waals surface area contributed by atoms with Crippen LogP contribution in [0.25, 0.3) is 0 Å². The molecule has 134 valence electrons. The van der Waals surface area contributed by atoms with Crippen LogP contribution >= 0.6 is 0 Å². The van der Waals surface area contributed by atoms with Crippen LogP contribution in [0, 0.1) is 6.92 Å². The molecule has 0 unspecified atom stereocenters. The normalized spacial score (nSPS) is 15.4. The molecule has 0 spiro atoms. The SMILES string of the molecule is Cc1nc(NC(C)(C)C)cc(N2CCN(C(=O)c3ccco3)CC2)n1. The van der Waals surface area contributed by atoms with Crippen LogP contribution < -0.4 is 10.2 Å². The Morgan fingerprint density at radius 1 is 1.20 bits per heavy atom. The predicted octanol–water partition coefficient (Wildman–Crippen LogP) is 2.55. The van der Waals surface area contributed by atoms with Crippen molar-refractivity contribution in [2.45, 2.75) is 33.2 Å². The third-order valence-corrected chi connectivity index (χ3v) is 3.95. The Morgan fingerprint density at radius 3 is 2.52 bits per heavy atom. The number of nitrogens with zero attached hydrogens (tertiary/aromatic N) is 4. The molecular formula is C18H25N5O2. The molecule has 3 heterocycles. The van der Waals surface area contributed by atoms with Crippen molar-refractivity contribution in [2.75, 3.05) is 36.4 Å². The topological polar surface area (TPSA) is 74.5 Å². The van der Waals surface area contributed by atoms with Crippen molar-refractivity contribution in [3.63, 3.8) is 0 Å². The summed E-state index contributed by atoms with van der Waals surface area (Å²) in [7, 11) is 0. The van der Waals surface area contributed by atoms with E-state index in [1.807, 2.05) is 17.9 Å². The van der Waals surface area contributed by atoms with E-state index in [-0.39, 0.29) is 11.4 Å². The van der Waals surface area contributed by atoms with Crippen LogP contribution in [-0.2, 0) is 0 Å². The first-order valence-corrected chi connectivity index (χ1v) is 8.53. The van der Waals surface area contributed by atoms with Gasteiger partial charge in [0.1, 0.15) is 17.5 Å². The molecule has 0 atom stereocenters. The number of anilines is 2. The Balaban J connectivity index is 1.67. The van der Waals surface area contributed by atoms with E-state index in [0.29, 0.717) is 18.8 Å². The zero-order chi connectivity index (χ0) is 18.0. The van der Waals surface area contributed by atoms with Crippen LogP contribution in [0.5, 0.6) is 0 Å². The van der Waals surface area contributed by atoms with Crippen LogP contribution in [0.1, 0.15) is 37.2 Å². The summed E-state index contributed by atoms with van der Waals surface area (Å²) in [5.74, 6) is 2.79. The average Bonchev–Trinajstić information content (AvgIpc) is 3.06. The van der Waals surface area contributed by atoms with Crippen molar-refractivity contribution in [1.29, 1.82) is 0 Å². The van der Waals surface area contributed by atoms with Gasteiger partial charge in [-0.05, 0) is 39.8 Å². The molecule has 0 aromatic carbocycles. The molecule has 2 aromatic heterocycles. The lowest BCUT2D eigenvalue weighted by Gasteiger charge is -2.35. The van der Waals surface area contributed by atoms with Crippen molar-refractivity contribution in [3.05, 3.63) is 36.0 Å². The second-order valence-corrected chi connectivity index (χ2v) is 7.29. The standard InChI is InChI=1S/C18H25N5O2/c1-13-19-15(21-18(2,3)4)12-16(20-13)22-7-9-23(10-8-22)17(24)14-6-5-11-25-14/h5-6,11-12H,7-10H2,1-4H3,(H,19,20,21). The van der Waals surface area contributed by atoms with Gasteiger partial charge in [-0.15, -0.1) is 0 Å². The van der Waals surface area contributed by atoms with Gasteiger partial charge in [0.05, 0.1) is 6.26 Å². The van der Waals surface area contributed by atoms with Crippen LogP contribution in [-0.4, -0.2) is 52.5 Å². The number of hydrogen-bond acceptors (Lipinski definition) is 6. The van der Waals surface area contributed by atoms with E-state index >= 15 is 0 Å². The number of nitrogens with one attached hydrogen (secondary N) is 1. The van der Waals surface area contributed by atoms with Gasteiger partial charge in [-0.1, -0.05) is 0 Å². The number of amides is 1. The van der Waals surface area contributed by atoms with E-state index in [9.17, 15) is 4.79 Å². The maximum Gasteiger partial charge on any atom is 0.289 e. The molecule has 1 amide bonds.